The molecular formula is C13H18BrN. The Morgan fingerprint density at radius 1 is 1.20 bits per heavy atom. The molecule has 82 valence electrons. The molecule has 2 unspecified atom stereocenters. The topological polar surface area (TPSA) is 26.0 Å². The quantitative estimate of drug-likeness (QED) is 0.872. The van der Waals surface area contributed by atoms with Gasteiger partial charge in [-0.2, -0.15) is 0 Å². The minimum atomic E-state index is 0.408. The summed E-state index contributed by atoms with van der Waals surface area (Å²) in [6.45, 7) is 0. The molecule has 1 nitrogen and oxygen atoms in total. The Morgan fingerprint density at radius 2 is 1.93 bits per heavy atom. The monoisotopic (exact) mass is 267 g/mol. The minimum absolute atomic E-state index is 0.408. The molecule has 1 fully saturated rings. The van der Waals surface area contributed by atoms with Crippen molar-refractivity contribution < 1.29 is 0 Å². The van der Waals surface area contributed by atoms with Gasteiger partial charge in [0.15, 0.2) is 0 Å². The predicted octanol–water partition coefficient (Wildman–Crippen LogP) is 3.51. The fraction of sp³-hybridized carbons (Fsp3) is 0.538. The summed E-state index contributed by atoms with van der Waals surface area (Å²) in [5.41, 5.74) is 7.56. The molecule has 15 heavy (non-hydrogen) atoms. The molecule has 1 aliphatic carbocycles. The summed E-state index contributed by atoms with van der Waals surface area (Å²) in [6.07, 6.45) is 6.29. The van der Waals surface area contributed by atoms with E-state index in [4.69, 9.17) is 5.73 Å². The lowest BCUT2D eigenvalue weighted by atomic mass is 9.81. The third-order valence-electron chi connectivity index (χ3n) is 3.41. The molecule has 0 aliphatic heterocycles. The Balaban J connectivity index is 2.04. The largest absolute Gasteiger partial charge is 0.327 e. The third-order valence-corrected chi connectivity index (χ3v) is 4.18. The third kappa shape index (κ3) is 2.82. The van der Waals surface area contributed by atoms with Crippen molar-refractivity contribution >= 4 is 15.9 Å². The molecule has 0 heterocycles. The maximum Gasteiger partial charge on any atom is 0.0207 e. The second-order valence-corrected chi connectivity index (χ2v) is 5.36. The second kappa shape index (κ2) is 5.13. The van der Waals surface area contributed by atoms with Crippen LogP contribution in [0.4, 0.5) is 0 Å². The first-order valence-corrected chi connectivity index (χ1v) is 6.55. The van der Waals surface area contributed by atoms with E-state index in [9.17, 15) is 0 Å². The van der Waals surface area contributed by atoms with Gasteiger partial charge >= 0.3 is 0 Å². The molecule has 1 aliphatic rings. The van der Waals surface area contributed by atoms with Gasteiger partial charge in [-0.05, 0) is 36.8 Å². The number of hydrogen-bond donors (Lipinski definition) is 1. The van der Waals surface area contributed by atoms with E-state index in [2.05, 4.69) is 40.2 Å². The summed E-state index contributed by atoms with van der Waals surface area (Å²) < 4.78 is 1.22. The van der Waals surface area contributed by atoms with Crippen LogP contribution in [0, 0.1) is 5.92 Å². The van der Waals surface area contributed by atoms with Crippen molar-refractivity contribution in [2.75, 3.05) is 0 Å². The van der Waals surface area contributed by atoms with Gasteiger partial charge in [-0.1, -0.05) is 47.0 Å². The highest BCUT2D eigenvalue weighted by atomic mass is 79.9. The van der Waals surface area contributed by atoms with Crippen molar-refractivity contribution in [1.82, 2.24) is 0 Å². The van der Waals surface area contributed by atoms with Crippen LogP contribution in [0.2, 0.25) is 0 Å². The number of benzene rings is 1. The number of rotatable bonds is 2. The van der Waals surface area contributed by atoms with Crippen LogP contribution >= 0.6 is 15.9 Å². The fourth-order valence-electron chi connectivity index (χ4n) is 2.44. The fourth-order valence-corrected chi connectivity index (χ4v) is 2.88. The summed E-state index contributed by atoms with van der Waals surface area (Å²) in [7, 11) is 0. The van der Waals surface area contributed by atoms with E-state index in [1.807, 2.05) is 0 Å². The Morgan fingerprint density at radius 3 is 2.67 bits per heavy atom. The first kappa shape index (κ1) is 11.2. The van der Waals surface area contributed by atoms with Crippen LogP contribution in [0.1, 0.15) is 31.2 Å². The Hall–Kier alpha value is -0.340. The summed E-state index contributed by atoms with van der Waals surface area (Å²) >= 11 is 3.60. The second-order valence-electron chi connectivity index (χ2n) is 4.50. The number of nitrogens with two attached hydrogens (primary N) is 1. The first-order valence-electron chi connectivity index (χ1n) is 5.76. The van der Waals surface area contributed by atoms with Crippen molar-refractivity contribution in [3.05, 3.63) is 34.3 Å². The molecule has 0 radical (unpaired) electrons. The highest BCUT2D eigenvalue weighted by Crippen LogP contribution is 2.28. The van der Waals surface area contributed by atoms with Crippen molar-refractivity contribution in [3.63, 3.8) is 0 Å². The average Bonchev–Trinajstić information content (AvgIpc) is 2.24. The number of halogens is 1. The van der Waals surface area contributed by atoms with Gasteiger partial charge in [0, 0.05) is 10.5 Å². The predicted molar refractivity (Wildman–Crippen MR) is 67.8 cm³/mol. The molecule has 1 aromatic rings. The van der Waals surface area contributed by atoms with Gasteiger partial charge in [0.25, 0.3) is 0 Å². The molecule has 0 amide bonds. The average molecular weight is 268 g/mol. The standard InChI is InChI=1S/C13H18BrN/c14-12-7-3-1-5-10(12)9-11-6-2-4-8-13(11)15/h1,3,5,7,11,13H,2,4,6,8-9,15H2. The van der Waals surface area contributed by atoms with E-state index < -0.39 is 0 Å². The lowest BCUT2D eigenvalue weighted by Crippen LogP contribution is -2.34. The van der Waals surface area contributed by atoms with Crippen molar-refractivity contribution in [3.8, 4) is 0 Å². The molecular weight excluding hydrogens is 250 g/mol. The van der Waals surface area contributed by atoms with Crippen LogP contribution in [0.3, 0.4) is 0 Å². The van der Waals surface area contributed by atoms with E-state index in [0.717, 1.165) is 6.42 Å². The molecule has 0 spiro atoms. The van der Waals surface area contributed by atoms with E-state index in [1.54, 1.807) is 0 Å². The number of hydrogen-bond acceptors (Lipinski definition) is 1. The summed E-state index contributed by atoms with van der Waals surface area (Å²) in [4.78, 5) is 0. The molecule has 2 rings (SSSR count). The van der Waals surface area contributed by atoms with E-state index >= 15 is 0 Å². The SMILES string of the molecule is NC1CCCCC1Cc1ccccc1Br. The zero-order valence-corrected chi connectivity index (χ0v) is 10.5. The molecule has 2 heteroatoms. The Kier molecular flexibility index (Phi) is 3.81. The van der Waals surface area contributed by atoms with Gasteiger partial charge in [0.1, 0.15) is 0 Å². The van der Waals surface area contributed by atoms with Crippen LogP contribution < -0.4 is 5.73 Å². The summed E-state index contributed by atoms with van der Waals surface area (Å²) in [5, 5.41) is 0. The van der Waals surface area contributed by atoms with Gasteiger partial charge < -0.3 is 5.73 Å². The van der Waals surface area contributed by atoms with E-state index in [1.165, 1.54) is 35.7 Å². The zero-order chi connectivity index (χ0) is 10.7. The highest BCUT2D eigenvalue weighted by Gasteiger charge is 2.22. The molecule has 2 atom stereocenters. The van der Waals surface area contributed by atoms with E-state index in [-0.39, 0.29) is 0 Å². The van der Waals surface area contributed by atoms with Crippen LogP contribution in [0.15, 0.2) is 28.7 Å². The molecule has 2 N–H and O–H groups in total. The van der Waals surface area contributed by atoms with Gasteiger partial charge in [-0.15, -0.1) is 0 Å². The normalized spacial score (nSPS) is 26.5. The lowest BCUT2D eigenvalue weighted by Gasteiger charge is -2.28. The smallest absolute Gasteiger partial charge is 0.0207 e. The van der Waals surface area contributed by atoms with Crippen LogP contribution in [-0.2, 0) is 6.42 Å². The molecule has 1 aromatic carbocycles. The van der Waals surface area contributed by atoms with Gasteiger partial charge in [0.05, 0.1) is 0 Å². The van der Waals surface area contributed by atoms with E-state index in [0.29, 0.717) is 12.0 Å². The molecule has 0 aromatic heterocycles. The maximum absolute atomic E-state index is 6.16. The van der Waals surface area contributed by atoms with Crippen LogP contribution in [-0.4, -0.2) is 6.04 Å². The summed E-state index contributed by atoms with van der Waals surface area (Å²) in [6, 6.07) is 8.89. The van der Waals surface area contributed by atoms with Crippen LogP contribution in [0.5, 0.6) is 0 Å². The Labute approximate surface area is 100 Å². The van der Waals surface area contributed by atoms with Crippen molar-refractivity contribution in [2.24, 2.45) is 11.7 Å². The highest BCUT2D eigenvalue weighted by molar-refractivity contribution is 9.10. The summed E-state index contributed by atoms with van der Waals surface area (Å²) in [5.74, 6) is 0.678. The maximum atomic E-state index is 6.16. The van der Waals surface area contributed by atoms with Crippen LogP contribution in [0.25, 0.3) is 0 Å². The molecule has 0 bridgehead atoms. The van der Waals surface area contributed by atoms with Gasteiger partial charge in [-0.25, -0.2) is 0 Å². The zero-order valence-electron chi connectivity index (χ0n) is 8.95. The minimum Gasteiger partial charge on any atom is -0.327 e. The molecule has 1 saturated carbocycles. The Bertz CT molecular complexity index is 324. The van der Waals surface area contributed by atoms with Gasteiger partial charge in [-0.3, -0.25) is 0 Å². The van der Waals surface area contributed by atoms with Crippen molar-refractivity contribution in [1.29, 1.82) is 0 Å². The lowest BCUT2D eigenvalue weighted by molar-refractivity contribution is 0.306. The van der Waals surface area contributed by atoms with Gasteiger partial charge in [0.2, 0.25) is 0 Å². The van der Waals surface area contributed by atoms with Crippen molar-refractivity contribution in [2.45, 2.75) is 38.1 Å². The first-order chi connectivity index (χ1) is 7.27. The molecule has 0 saturated heterocycles.